The van der Waals surface area contributed by atoms with Gasteiger partial charge in [0.1, 0.15) is 0 Å². The number of carbonyl (C=O) groups excluding carboxylic acids is 1. The lowest BCUT2D eigenvalue weighted by atomic mass is 10.3. The Balaban J connectivity index is 3.37. The molecule has 0 amide bonds. The summed E-state index contributed by atoms with van der Waals surface area (Å²) >= 11 is 0. The molecule has 1 rings (SSSR count). The van der Waals surface area contributed by atoms with Gasteiger partial charge in [-0.25, -0.2) is 0 Å². The Morgan fingerprint density at radius 1 is 1.86 bits per heavy atom. The molecule has 1 aromatic rings. The summed E-state index contributed by atoms with van der Waals surface area (Å²) in [7, 11) is 1.45. The summed E-state index contributed by atoms with van der Waals surface area (Å²) in [5.41, 5.74) is -0.566. The van der Waals surface area contributed by atoms with Crippen molar-refractivity contribution in [1.29, 1.82) is 0 Å². The molecule has 1 aromatic heterocycles. The van der Waals surface area contributed by atoms with Gasteiger partial charge in [0.15, 0.2) is 17.7 Å². The van der Waals surface area contributed by atoms with E-state index in [2.05, 4.69) is 10.1 Å². The van der Waals surface area contributed by atoms with Crippen LogP contribution in [-0.2, 0) is 11.8 Å². The Hall–Kier alpha value is -2.25. The van der Waals surface area contributed by atoms with Gasteiger partial charge in [0.25, 0.3) is 0 Å². The van der Waals surface area contributed by atoms with Crippen molar-refractivity contribution < 1.29 is 14.9 Å². The Bertz CT molecular complexity index is 408. The van der Waals surface area contributed by atoms with Crippen LogP contribution in [-0.4, -0.2) is 31.7 Å². The Kier molecular flexibility index (Phi) is 2.56. The topological polar surface area (TPSA) is 111 Å². The number of rotatable bonds is 3. The number of nitro groups is 1. The van der Waals surface area contributed by atoms with E-state index in [1.165, 1.54) is 11.6 Å². The van der Waals surface area contributed by atoms with Crippen LogP contribution in [0.25, 0.3) is 0 Å². The lowest BCUT2D eigenvalue weighted by molar-refractivity contribution is -0.389. The molecule has 0 saturated heterocycles. The van der Waals surface area contributed by atoms with Crippen LogP contribution in [0.3, 0.4) is 0 Å². The normalized spacial score (nSPS) is 11.4. The molecule has 8 nitrogen and oxygen atoms in total. The van der Waals surface area contributed by atoms with E-state index in [0.717, 1.165) is 6.33 Å². The number of hydrogen-bond acceptors (Lipinski definition) is 6. The summed E-state index contributed by atoms with van der Waals surface area (Å²) < 4.78 is 1.22. The predicted octanol–water partition coefficient (Wildman–Crippen LogP) is -0.295. The minimum absolute atomic E-state index is 0.132. The molecule has 0 radical (unpaired) electrons. The summed E-state index contributed by atoms with van der Waals surface area (Å²) in [5.74, 6) is -0.521. The third kappa shape index (κ3) is 1.44. The van der Waals surface area contributed by atoms with E-state index in [0.29, 0.717) is 0 Å². The summed E-state index contributed by atoms with van der Waals surface area (Å²) in [6.07, 6.45) is 1.37. The smallest absolute Gasteiger partial charge is 0.391 e. The summed E-state index contributed by atoms with van der Waals surface area (Å²) in [4.78, 5) is 23.5. The number of aldehydes is 1. The lowest BCUT2D eigenvalue weighted by Gasteiger charge is -1.97. The van der Waals surface area contributed by atoms with E-state index in [1.54, 1.807) is 0 Å². The third-order valence-electron chi connectivity index (χ3n) is 1.55. The largest absolute Gasteiger partial charge is 0.410 e. The van der Waals surface area contributed by atoms with Gasteiger partial charge in [-0.05, 0) is 9.91 Å². The Morgan fingerprint density at radius 2 is 2.50 bits per heavy atom. The Morgan fingerprint density at radius 3 is 2.93 bits per heavy atom. The zero-order valence-electron chi connectivity index (χ0n) is 7.12. The number of carbonyl (C=O) groups is 1. The van der Waals surface area contributed by atoms with Crippen LogP contribution in [0.2, 0.25) is 0 Å². The minimum atomic E-state index is -0.760. The molecule has 1 heterocycles. The quantitative estimate of drug-likeness (QED) is 0.236. The molecule has 1 N–H and O–H groups in total. The van der Waals surface area contributed by atoms with E-state index in [9.17, 15) is 14.9 Å². The van der Waals surface area contributed by atoms with Crippen LogP contribution in [0.5, 0.6) is 0 Å². The predicted molar refractivity (Wildman–Crippen MR) is 44.2 cm³/mol. The fraction of sp³-hybridized carbons (Fsp3) is 0.167. The second-order valence-corrected chi connectivity index (χ2v) is 2.39. The molecule has 0 saturated carbocycles. The molecule has 0 aliphatic heterocycles. The minimum Gasteiger partial charge on any atom is -0.410 e. The van der Waals surface area contributed by atoms with Gasteiger partial charge in [-0.2, -0.15) is 0 Å². The standard InChI is InChI=1S/C6H6N4O4/c1-9-3-7-6(10(13)14)5(9)4(2-11)8-12/h2-3,12H,1H3/b8-4+. The van der Waals surface area contributed by atoms with E-state index in [1.807, 2.05) is 0 Å². The molecule has 0 aliphatic carbocycles. The van der Waals surface area contributed by atoms with Gasteiger partial charge in [-0.1, -0.05) is 5.16 Å². The number of hydrogen-bond donors (Lipinski definition) is 1. The molecule has 0 spiro atoms. The van der Waals surface area contributed by atoms with Crippen molar-refractivity contribution in [3.05, 3.63) is 22.1 Å². The first-order valence-electron chi connectivity index (χ1n) is 3.45. The molecule has 0 atom stereocenters. The maximum absolute atomic E-state index is 10.4. The van der Waals surface area contributed by atoms with Crippen LogP contribution < -0.4 is 0 Å². The molecule has 74 valence electrons. The molecule has 0 bridgehead atoms. The van der Waals surface area contributed by atoms with Gasteiger partial charge in [-0.15, -0.1) is 0 Å². The first kappa shape index (κ1) is 9.84. The maximum atomic E-state index is 10.4. The van der Waals surface area contributed by atoms with E-state index >= 15 is 0 Å². The first-order chi connectivity index (χ1) is 6.61. The summed E-state index contributed by atoms with van der Waals surface area (Å²) in [6.45, 7) is 0. The number of oxime groups is 1. The van der Waals surface area contributed by atoms with Crippen molar-refractivity contribution in [1.82, 2.24) is 9.55 Å². The van der Waals surface area contributed by atoms with Crippen molar-refractivity contribution in [2.45, 2.75) is 0 Å². The monoisotopic (exact) mass is 198 g/mol. The van der Waals surface area contributed by atoms with Crippen LogP contribution in [0.15, 0.2) is 11.5 Å². The van der Waals surface area contributed by atoms with Crippen molar-refractivity contribution in [3.8, 4) is 0 Å². The average molecular weight is 198 g/mol. The number of aryl methyl sites for hydroxylation is 1. The molecule has 8 heteroatoms. The second kappa shape index (κ2) is 3.64. The van der Waals surface area contributed by atoms with Crippen LogP contribution in [0.4, 0.5) is 5.82 Å². The van der Waals surface area contributed by atoms with Gasteiger partial charge in [0.2, 0.25) is 6.33 Å². The number of imidazole rings is 1. The molecule has 0 aromatic carbocycles. The van der Waals surface area contributed by atoms with Crippen molar-refractivity contribution in [3.63, 3.8) is 0 Å². The van der Waals surface area contributed by atoms with E-state index in [-0.39, 0.29) is 12.0 Å². The molecular formula is C6H6N4O4. The van der Waals surface area contributed by atoms with Gasteiger partial charge in [-0.3, -0.25) is 4.79 Å². The summed E-state index contributed by atoms with van der Waals surface area (Å²) in [5, 5.41) is 21.5. The van der Waals surface area contributed by atoms with Gasteiger partial charge in [0, 0.05) is 7.05 Å². The van der Waals surface area contributed by atoms with Crippen molar-refractivity contribution >= 4 is 17.8 Å². The van der Waals surface area contributed by atoms with E-state index < -0.39 is 16.5 Å². The lowest BCUT2D eigenvalue weighted by Crippen LogP contribution is -2.10. The molecular weight excluding hydrogens is 192 g/mol. The molecule has 0 aliphatic rings. The highest BCUT2D eigenvalue weighted by molar-refractivity contribution is 6.36. The highest BCUT2D eigenvalue weighted by Gasteiger charge is 2.24. The SMILES string of the molecule is Cn1cnc([N+](=O)[O-])c1/C(C=O)=N/O. The molecule has 14 heavy (non-hydrogen) atoms. The fourth-order valence-corrected chi connectivity index (χ4v) is 0.973. The third-order valence-corrected chi connectivity index (χ3v) is 1.55. The zero-order valence-corrected chi connectivity index (χ0v) is 7.12. The van der Waals surface area contributed by atoms with Crippen molar-refractivity contribution in [2.75, 3.05) is 0 Å². The average Bonchev–Trinajstić information content (AvgIpc) is 2.51. The molecule has 0 fully saturated rings. The highest BCUT2D eigenvalue weighted by Crippen LogP contribution is 2.15. The van der Waals surface area contributed by atoms with Crippen molar-refractivity contribution in [2.24, 2.45) is 12.2 Å². The van der Waals surface area contributed by atoms with Gasteiger partial charge < -0.3 is 19.9 Å². The van der Waals surface area contributed by atoms with Crippen LogP contribution in [0, 0.1) is 10.1 Å². The second-order valence-electron chi connectivity index (χ2n) is 2.39. The zero-order chi connectivity index (χ0) is 10.7. The van der Waals surface area contributed by atoms with Gasteiger partial charge >= 0.3 is 5.82 Å². The number of nitrogens with zero attached hydrogens (tertiary/aromatic N) is 4. The maximum Gasteiger partial charge on any atom is 0.391 e. The summed E-state index contributed by atoms with van der Waals surface area (Å²) in [6, 6.07) is 0. The highest BCUT2D eigenvalue weighted by atomic mass is 16.6. The van der Waals surface area contributed by atoms with E-state index in [4.69, 9.17) is 5.21 Å². The van der Waals surface area contributed by atoms with Gasteiger partial charge in [0.05, 0.1) is 0 Å². The van der Waals surface area contributed by atoms with Crippen LogP contribution >= 0.6 is 0 Å². The number of aromatic nitrogens is 2. The van der Waals surface area contributed by atoms with Crippen LogP contribution in [0.1, 0.15) is 5.69 Å². The molecule has 0 unspecified atom stereocenters. The fourth-order valence-electron chi connectivity index (χ4n) is 0.973. The first-order valence-corrected chi connectivity index (χ1v) is 3.45. The Labute approximate surface area is 77.6 Å².